The first-order valence-electron chi connectivity index (χ1n) is 8.30. The molecule has 3 rings (SSSR count). The lowest BCUT2D eigenvalue weighted by molar-refractivity contribution is 0.612. The molecule has 4 nitrogen and oxygen atoms in total. The van der Waals surface area contributed by atoms with E-state index in [0.717, 1.165) is 18.4 Å². The molecule has 1 aromatic heterocycles. The smallest absolute Gasteiger partial charge is 0.287 e. The summed E-state index contributed by atoms with van der Waals surface area (Å²) in [5, 5.41) is 7.93. The van der Waals surface area contributed by atoms with Gasteiger partial charge in [0.2, 0.25) is 0 Å². The molecule has 0 atom stereocenters. The number of benzene rings is 1. The van der Waals surface area contributed by atoms with E-state index in [0.29, 0.717) is 18.3 Å². The second-order valence-electron chi connectivity index (χ2n) is 6.15. The van der Waals surface area contributed by atoms with Gasteiger partial charge < -0.3 is 5.32 Å². The van der Waals surface area contributed by atoms with Crippen molar-refractivity contribution in [3.8, 4) is 0 Å². The van der Waals surface area contributed by atoms with Crippen molar-refractivity contribution in [1.82, 2.24) is 9.78 Å². The maximum atomic E-state index is 12.4. The van der Waals surface area contributed by atoms with Crippen LogP contribution in [-0.4, -0.2) is 15.8 Å². The Balaban J connectivity index is 1.76. The average molecular weight is 332 g/mol. The molecule has 0 unspecified atom stereocenters. The van der Waals surface area contributed by atoms with Crippen molar-refractivity contribution in [1.29, 1.82) is 0 Å². The average Bonchev–Trinajstić information content (AvgIpc) is 2.84. The third-order valence-electron chi connectivity index (χ3n) is 4.37. The molecular weight excluding hydrogens is 310 g/mol. The van der Waals surface area contributed by atoms with Crippen molar-refractivity contribution in [3.05, 3.63) is 57.5 Å². The quantitative estimate of drug-likeness (QED) is 0.859. The van der Waals surface area contributed by atoms with Crippen LogP contribution in [0.15, 0.2) is 41.3 Å². The zero-order chi connectivity index (χ0) is 16.1. The lowest BCUT2D eigenvalue weighted by Gasteiger charge is -2.18. The molecule has 0 spiro atoms. The van der Waals surface area contributed by atoms with Crippen LogP contribution in [0.1, 0.15) is 44.1 Å². The van der Waals surface area contributed by atoms with Crippen molar-refractivity contribution < 1.29 is 0 Å². The summed E-state index contributed by atoms with van der Waals surface area (Å²) in [5.74, 6) is 0. The van der Waals surface area contributed by atoms with Crippen molar-refractivity contribution >= 4 is 17.3 Å². The molecule has 0 aliphatic heterocycles. The van der Waals surface area contributed by atoms with E-state index in [-0.39, 0.29) is 10.6 Å². The van der Waals surface area contributed by atoms with E-state index in [9.17, 15) is 4.79 Å². The topological polar surface area (TPSA) is 46.9 Å². The molecule has 2 aromatic rings. The SMILES string of the molecule is O=c1c(Cl)c(NC2CCCCCC2)cnn1Cc1ccccc1. The highest BCUT2D eigenvalue weighted by molar-refractivity contribution is 6.32. The van der Waals surface area contributed by atoms with Gasteiger partial charge in [-0.2, -0.15) is 5.10 Å². The minimum atomic E-state index is -0.242. The Morgan fingerprint density at radius 1 is 1.13 bits per heavy atom. The molecule has 0 saturated heterocycles. The van der Waals surface area contributed by atoms with Gasteiger partial charge in [-0.3, -0.25) is 4.79 Å². The molecule has 1 aromatic carbocycles. The van der Waals surface area contributed by atoms with E-state index in [1.165, 1.54) is 30.4 Å². The molecule has 1 aliphatic carbocycles. The van der Waals surface area contributed by atoms with Gasteiger partial charge in [0.05, 0.1) is 18.4 Å². The molecule has 1 fully saturated rings. The van der Waals surface area contributed by atoms with Gasteiger partial charge in [0.25, 0.3) is 5.56 Å². The van der Waals surface area contributed by atoms with Crippen LogP contribution in [0.5, 0.6) is 0 Å². The fourth-order valence-corrected chi connectivity index (χ4v) is 3.28. The van der Waals surface area contributed by atoms with Crippen molar-refractivity contribution in [3.63, 3.8) is 0 Å². The zero-order valence-electron chi connectivity index (χ0n) is 13.2. The van der Waals surface area contributed by atoms with E-state index >= 15 is 0 Å². The molecule has 23 heavy (non-hydrogen) atoms. The summed E-state index contributed by atoms with van der Waals surface area (Å²) < 4.78 is 1.41. The zero-order valence-corrected chi connectivity index (χ0v) is 13.9. The van der Waals surface area contributed by atoms with E-state index < -0.39 is 0 Å². The molecule has 0 amide bonds. The Bertz CT molecular complexity index is 691. The van der Waals surface area contributed by atoms with Crippen LogP contribution >= 0.6 is 11.6 Å². The fraction of sp³-hybridized carbons (Fsp3) is 0.444. The second-order valence-corrected chi connectivity index (χ2v) is 6.53. The third kappa shape index (κ3) is 4.14. The predicted octanol–water partition coefficient (Wildman–Crippen LogP) is 4.08. The maximum Gasteiger partial charge on any atom is 0.287 e. The first-order chi connectivity index (χ1) is 11.2. The maximum absolute atomic E-state index is 12.4. The summed E-state index contributed by atoms with van der Waals surface area (Å²) in [4.78, 5) is 12.4. The van der Waals surface area contributed by atoms with E-state index in [1.54, 1.807) is 6.20 Å². The van der Waals surface area contributed by atoms with Gasteiger partial charge in [0.1, 0.15) is 5.02 Å². The summed E-state index contributed by atoms with van der Waals surface area (Å²) in [5.41, 5.74) is 1.45. The Labute approximate surface area is 141 Å². The Morgan fingerprint density at radius 3 is 2.52 bits per heavy atom. The molecule has 1 heterocycles. The number of rotatable bonds is 4. The summed E-state index contributed by atoms with van der Waals surface area (Å²) in [6.45, 7) is 0.434. The molecule has 5 heteroatoms. The number of aromatic nitrogens is 2. The van der Waals surface area contributed by atoms with Crippen molar-refractivity contribution in [2.24, 2.45) is 0 Å². The molecular formula is C18H22ClN3O. The largest absolute Gasteiger partial charge is 0.380 e. The standard InChI is InChI=1S/C18H22ClN3O/c19-17-16(21-15-10-6-1-2-7-11-15)12-20-22(18(17)23)13-14-8-4-3-5-9-14/h3-5,8-9,12,15,21H,1-2,6-7,10-11,13H2. The highest BCUT2D eigenvalue weighted by Crippen LogP contribution is 2.23. The number of nitrogens with one attached hydrogen (secondary N) is 1. The molecule has 1 saturated carbocycles. The molecule has 1 N–H and O–H groups in total. The summed E-state index contributed by atoms with van der Waals surface area (Å²) >= 11 is 6.29. The van der Waals surface area contributed by atoms with Crippen LogP contribution in [0.2, 0.25) is 5.02 Å². The molecule has 122 valence electrons. The lowest BCUT2D eigenvalue weighted by Crippen LogP contribution is -2.27. The number of hydrogen-bond acceptors (Lipinski definition) is 3. The Morgan fingerprint density at radius 2 is 1.83 bits per heavy atom. The number of anilines is 1. The Hall–Kier alpha value is -1.81. The highest BCUT2D eigenvalue weighted by atomic mass is 35.5. The minimum absolute atomic E-state index is 0.236. The van der Waals surface area contributed by atoms with Gasteiger partial charge in [0.15, 0.2) is 0 Å². The van der Waals surface area contributed by atoms with E-state index in [4.69, 9.17) is 11.6 Å². The van der Waals surface area contributed by atoms with Gasteiger partial charge in [-0.05, 0) is 18.4 Å². The van der Waals surface area contributed by atoms with Gasteiger partial charge >= 0.3 is 0 Å². The van der Waals surface area contributed by atoms with Gasteiger partial charge in [-0.1, -0.05) is 67.6 Å². The summed E-state index contributed by atoms with van der Waals surface area (Å²) in [6.07, 6.45) is 8.98. The summed E-state index contributed by atoms with van der Waals surface area (Å²) in [7, 11) is 0. The fourth-order valence-electron chi connectivity index (χ4n) is 3.08. The van der Waals surface area contributed by atoms with E-state index in [1.807, 2.05) is 30.3 Å². The predicted molar refractivity (Wildman–Crippen MR) is 94.2 cm³/mol. The van der Waals surface area contributed by atoms with Crippen LogP contribution < -0.4 is 10.9 Å². The van der Waals surface area contributed by atoms with Crippen LogP contribution in [0.3, 0.4) is 0 Å². The first kappa shape index (κ1) is 16.1. The highest BCUT2D eigenvalue weighted by Gasteiger charge is 2.16. The van der Waals surface area contributed by atoms with E-state index in [2.05, 4.69) is 10.4 Å². The van der Waals surface area contributed by atoms with Gasteiger partial charge in [-0.25, -0.2) is 4.68 Å². The summed E-state index contributed by atoms with van der Waals surface area (Å²) in [6, 6.07) is 10.2. The molecule has 0 radical (unpaired) electrons. The van der Waals surface area contributed by atoms with Crippen molar-refractivity contribution in [2.45, 2.75) is 51.1 Å². The minimum Gasteiger partial charge on any atom is -0.380 e. The molecule has 0 bridgehead atoms. The van der Waals surface area contributed by atoms with Crippen LogP contribution in [0.4, 0.5) is 5.69 Å². The first-order valence-corrected chi connectivity index (χ1v) is 8.68. The van der Waals surface area contributed by atoms with Crippen molar-refractivity contribution in [2.75, 3.05) is 5.32 Å². The molecule has 1 aliphatic rings. The number of nitrogens with zero attached hydrogens (tertiary/aromatic N) is 2. The monoisotopic (exact) mass is 331 g/mol. The van der Waals surface area contributed by atoms with Gasteiger partial charge in [-0.15, -0.1) is 0 Å². The van der Waals surface area contributed by atoms with Crippen LogP contribution in [-0.2, 0) is 6.54 Å². The number of halogens is 1. The van der Waals surface area contributed by atoms with Crippen LogP contribution in [0, 0.1) is 0 Å². The third-order valence-corrected chi connectivity index (χ3v) is 4.74. The van der Waals surface area contributed by atoms with Gasteiger partial charge in [0, 0.05) is 6.04 Å². The Kier molecular flexibility index (Phi) is 5.34. The van der Waals surface area contributed by atoms with Crippen LogP contribution in [0.25, 0.3) is 0 Å². The number of hydrogen-bond donors (Lipinski definition) is 1. The normalized spacial score (nSPS) is 16.0. The lowest BCUT2D eigenvalue weighted by atomic mass is 10.1. The second kappa shape index (κ2) is 7.64.